The zero-order valence-corrected chi connectivity index (χ0v) is 17.4. The maximum atomic E-state index is 12.2. The van der Waals surface area contributed by atoms with Gasteiger partial charge in [0.2, 0.25) is 0 Å². The minimum atomic E-state index is -0.951. The predicted molar refractivity (Wildman–Crippen MR) is 107 cm³/mol. The molecule has 9 nitrogen and oxygen atoms in total. The number of methoxy groups -OCH3 is 1. The number of amides is 1. The number of rotatable bonds is 6. The number of aliphatic carboxylic acids is 1. The van der Waals surface area contributed by atoms with Crippen molar-refractivity contribution in [1.82, 2.24) is 10.2 Å². The zero-order valence-electron chi connectivity index (χ0n) is 17.4. The van der Waals surface area contributed by atoms with Gasteiger partial charge in [-0.15, -0.1) is 0 Å². The van der Waals surface area contributed by atoms with Crippen LogP contribution in [-0.2, 0) is 20.8 Å². The van der Waals surface area contributed by atoms with Crippen LogP contribution in [-0.4, -0.2) is 73.5 Å². The molecule has 0 radical (unpaired) electrons. The molecule has 1 fully saturated rings. The standard InChI is InChI=1S/C20H29N3O6/c1-20(2,3)29-19(27)23-7-5-22(6-8-23)16-10-14(12-21-13-17(24)25)9-15(11-16)18(26)28-4/h9-11,21H,5-8,12-13H2,1-4H3,(H,24,25). The molecule has 1 aromatic carbocycles. The number of hydrogen-bond acceptors (Lipinski definition) is 7. The second kappa shape index (κ2) is 9.60. The van der Waals surface area contributed by atoms with Gasteiger partial charge in [0.1, 0.15) is 5.60 Å². The number of benzene rings is 1. The Bertz CT molecular complexity index is 751. The number of carbonyl (C=O) groups excluding carboxylic acids is 2. The molecule has 0 aromatic heterocycles. The van der Waals surface area contributed by atoms with Gasteiger partial charge < -0.3 is 29.7 Å². The molecule has 2 rings (SSSR count). The fourth-order valence-corrected chi connectivity index (χ4v) is 2.98. The maximum Gasteiger partial charge on any atom is 0.410 e. The fraction of sp³-hybridized carbons (Fsp3) is 0.550. The summed E-state index contributed by atoms with van der Waals surface area (Å²) >= 11 is 0. The van der Waals surface area contributed by atoms with E-state index in [0.717, 1.165) is 11.3 Å². The molecule has 0 saturated carbocycles. The van der Waals surface area contributed by atoms with E-state index in [1.54, 1.807) is 17.0 Å². The van der Waals surface area contributed by atoms with Crippen molar-refractivity contribution in [2.24, 2.45) is 0 Å². The van der Waals surface area contributed by atoms with Gasteiger partial charge >= 0.3 is 18.0 Å². The number of carboxylic acids is 1. The largest absolute Gasteiger partial charge is 0.480 e. The number of anilines is 1. The van der Waals surface area contributed by atoms with Crippen molar-refractivity contribution in [2.75, 3.05) is 44.7 Å². The molecule has 9 heteroatoms. The summed E-state index contributed by atoms with van der Waals surface area (Å²) < 4.78 is 10.2. The Hall–Kier alpha value is -2.81. The van der Waals surface area contributed by atoms with Crippen molar-refractivity contribution < 1.29 is 29.0 Å². The fourth-order valence-electron chi connectivity index (χ4n) is 2.98. The number of piperazine rings is 1. The van der Waals surface area contributed by atoms with Crippen LogP contribution in [0.3, 0.4) is 0 Å². The molecule has 0 atom stereocenters. The number of nitrogens with zero attached hydrogens (tertiary/aromatic N) is 2. The molecule has 0 bridgehead atoms. The second-order valence-electron chi connectivity index (χ2n) is 7.83. The van der Waals surface area contributed by atoms with E-state index in [1.807, 2.05) is 26.8 Å². The third-order valence-corrected chi connectivity index (χ3v) is 4.30. The minimum Gasteiger partial charge on any atom is -0.480 e. The van der Waals surface area contributed by atoms with Crippen LogP contribution >= 0.6 is 0 Å². The normalized spacial score (nSPS) is 14.5. The summed E-state index contributed by atoms with van der Waals surface area (Å²) in [5, 5.41) is 11.6. The molecule has 1 aromatic rings. The summed E-state index contributed by atoms with van der Waals surface area (Å²) in [5.74, 6) is -1.41. The van der Waals surface area contributed by atoms with Crippen molar-refractivity contribution in [3.05, 3.63) is 29.3 Å². The Kier molecular flexibility index (Phi) is 7.44. The van der Waals surface area contributed by atoms with Gasteiger partial charge in [-0.3, -0.25) is 4.79 Å². The number of nitrogens with one attached hydrogen (secondary N) is 1. The first kappa shape index (κ1) is 22.5. The highest BCUT2D eigenvalue weighted by Gasteiger charge is 2.26. The number of carboxylic acid groups (broad SMARTS) is 1. The summed E-state index contributed by atoms with van der Waals surface area (Å²) in [6, 6.07) is 5.33. The van der Waals surface area contributed by atoms with Gasteiger partial charge in [-0.2, -0.15) is 0 Å². The zero-order chi connectivity index (χ0) is 21.6. The van der Waals surface area contributed by atoms with Crippen LogP contribution in [0, 0.1) is 0 Å². The first-order valence-corrected chi connectivity index (χ1v) is 9.46. The van der Waals surface area contributed by atoms with E-state index in [0.29, 0.717) is 38.3 Å². The van der Waals surface area contributed by atoms with Crippen LogP contribution in [0.5, 0.6) is 0 Å². The van der Waals surface area contributed by atoms with E-state index in [1.165, 1.54) is 7.11 Å². The Morgan fingerprint density at radius 2 is 1.76 bits per heavy atom. The average Bonchev–Trinajstić information content (AvgIpc) is 2.65. The Morgan fingerprint density at radius 3 is 2.31 bits per heavy atom. The smallest absolute Gasteiger partial charge is 0.410 e. The summed E-state index contributed by atoms with van der Waals surface area (Å²) in [5.41, 5.74) is 1.45. The van der Waals surface area contributed by atoms with Crippen LogP contribution in [0.4, 0.5) is 10.5 Å². The lowest BCUT2D eigenvalue weighted by Crippen LogP contribution is -2.50. The van der Waals surface area contributed by atoms with Crippen molar-refractivity contribution in [3.63, 3.8) is 0 Å². The number of hydrogen-bond donors (Lipinski definition) is 2. The lowest BCUT2D eigenvalue weighted by Gasteiger charge is -2.37. The summed E-state index contributed by atoms with van der Waals surface area (Å²) in [6.45, 7) is 7.82. The SMILES string of the molecule is COC(=O)c1cc(CNCC(=O)O)cc(N2CCN(C(=O)OC(C)(C)C)CC2)c1. The van der Waals surface area contributed by atoms with Crippen molar-refractivity contribution in [2.45, 2.75) is 32.9 Å². The molecule has 2 N–H and O–H groups in total. The number of ether oxygens (including phenoxy) is 2. The Balaban J connectivity index is 2.09. The highest BCUT2D eigenvalue weighted by molar-refractivity contribution is 5.91. The highest BCUT2D eigenvalue weighted by atomic mass is 16.6. The van der Waals surface area contributed by atoms with Crippen LogP contribution < -0.4 is 10.2 Å². The lowest BCUT2D eigenvalue weighted by atomic mass is 10.1. The van der Waals surface area contributed by atoms with Gasteiger partial charge in [-0.25, -0.2) is 9.59 Å². The monoisotopic (exact) mass is 407 g/mol. The van der Waals surface area contributed by atoms with Crippen LogP contribution in [0.15, 0.2) is 18.2 Å². The van der Waals surface area contributed by atoms with Gasteiger partial charge in [0.15, 0.2) is 0 Å². The maximum absolute atomic E-state index is 12.2. The summed E-state index contributed by atoms with van der Waals surface area (Å²) in [6.07, 6.45) is -0.334. The third kappa shape index (κ3) is 6.94. The highest BCUT2D eigenvalue weighted by Crippen LogP contribution is 2.22. The van der Waals surface area contributed by atoms with E-state index in [4.69, 9.17) is 14.6 Å². The molecule has 1 aliphatic heterocycles. The number of esters is 1. The second-order valence-corrected chi connectivity index (χ2v) is 7.83. The third-order valence-electron chi connectivity index (χ3n) is 4.30. The van der Waals surface area contributed by atoms with Crippen molar-refractivity contribution in [1.29, 1.82) is 0 Å². The molecule has 0 spiro atoms. The molecule has 1 heterocycles. The van der Waals surface area contributed by atoms with Gasteiger partial charge in [0.05, 0.1) is 19.2 Å². The molecular weight excluding hydrogens is 378 g/mol. The first-order valence-electron chi connectivity index (χ1n) is 9.46. The molecule has 1 aliphatic rings. The number of carbonyl (C=O) groups is 3. The van der Waals surface area contributed by atoms with Crippen LogP contribution in [0.2, 0.25) is 0 Å². The van der Waals surface area contributed by atoms with E-state index >= 15 is 0 Å². The molecular formula is C20H29N3O6. The average molecular weight is 407 g/mol. The molecule has 1 amide bonds. The molecule has 0 aliphatic carbocycles. The van der Waals surface area contributed by atoms with Crippen molar-refractivity contribution in [3.8, 4) is 0 Å². The predicted octanol–water partition coefficient (Wildman–Crippen LogP) is 1.70. The Labute approximate surface area is 170 Å². The van der Waals surface area contributed by atoms with Crippen LogP contribution in [0.25, 0.3) is 0 Å². The molecule has 160 valence electrons. The van der Waals surface area contributed by atoms with E-state index in [9.17, 15) is 14.4 Å². The van der Waals surface area contributed by atoms with Crippen molar-refractivity contribution >= 4 is 23.7 Å². The summed E-state index contributed by atoms with van der Waals surface area (Å²) in [4.78, 5) is 38.7. The molecule has 1 saturated heterocycles. The van der Waals surface area contributed by atoms with E-state index < -0.39 is 17.5 Å². The molecule has 29 heavy (non-hydrogen) atoms. The molecule has 0 unspecified atom stereocenters. The topological polar surface area (TPSA) is 108 Å². The van der Waals surface area contributed by atoms with E-state index in [2.05, 4.69) is 10.2 Å². The first-order chi connectivity index (χ1) is 13.6. The van der Waals surface area contributed by atoms with E-state index in [-0.39, 0.29) is 12.6 Å². The Morgan fingerprint density at radius 1 is 1.10 bits per heavy atom. The van der Waals surface area contributed by atoms with Crippen LogP contribution in [0.1, 0.15) is 36.7 Å². The van der Waals surface area contributed by atoms with Gasteiger partial charge in [-0.05, 0) is 44.5 Å². The lowest BCUT2D eigenvalue weighted by molar-refractivity contribution is -0.136. The summed E-state index contributed by atoms with van der Waals surface area (Å²) in [7, 11) is 1.32. The quantitative estimate of drug-likeness (QED) is 0.686. The van der Waals surface area contributed by atoms with Gasteiger partial charge in [0, 0.05) is 38.4 Å². The van der Waals surface area contributed by atoms with Gasteiger partial charge in [0.25, 0.3) is 0 Å². The van der Waals surface area contributed by atoms with Gasteiger partial charge in [-0.1, -0.05) is 0 Å². The minimum absolute atomic E-state index is 0.174.